The van der Waals surface area contributed by atoms with Gasteiger partial charge in [-0.3, -0.25) is 0 Å². The zero-order valence-electron chi connectivity index (χ0n) is 10.5. The summed E-state index contributed by atoms with van der Waals surface area (Å²) < 4.78 is 49.9. The predicted molar refractivity (Wildman–Crippen MR) is 80.5 cm³/mol. The van der Waals surface area contributed by atoms with Gasteiger partial charge in [-0.2, -0.15) is 0 Å². The molecular weight excluding hydrogens is 368 g/mol. The van der Waals surface area contributed by atoms with Gasteiger partial charge in [0.15, 0.2) is 9.84 Å². The molecule has 20 heavy (non-hydrogen) atoms. The lowest BCUT2D eigenvalue weighted by Crippen LogP contribution is -2.30. The first-order valence-corrected chi connectivity index (χ1v) is 10.0. The summed E-state index contributed by atoms with van der Waals surface area (Å²) in [5.74, 6) is 0.00498. The molecule has 0 aliphatic carbocycles. The lowest BCUT2D eigenvalue weighted by molar-refractivity contribution is 0.543. The zero-order chi connectivity index (χ0) is 15.0. The fraction of sp³-hybridized carbons (Fsp3) is 0.455. The van der Waals surface area contributed by atoms with E-state index < -0.39 is 19.9 Å². The Labute approximate surface area is 126 Å². The molecule has 1 aliphatic heterocycles. The van der Waals surface area contributed by atoms with E-state index in [0.29, 0.717) is 16.6 Å². The van der Waals surface area contributed by atoms with E-state index in [-0.39, 0.29) is 28.9 Å². The van der Waals surface area contributed by atoms with Gasteiger partial charge in [0.05, 0.1) is 16.4 Å². The van der Waals surface area contributed by atoms with Gasteiger partial charge in [0.1, 0.15) is 0 Å². The topological polar surface area (TPSA) is 106 Å². The largest absolute Gasteiger partial charge is 0.398 e. The number of benzene rings is 1. The first-order chi connectivity index (χ1) is 9.20. The minimum absolute atomic E-state index is 0.0397. The number of nitrogens with two attached hydrogens (primary N) is 1. The van der Waals surface area contributed by atoms with Crippen LogP contribution in [0.4, 0.5) is 5.69 Å². The summed E-state index contributed by atoms with van der Waals surface area (Å²) >= 11 is 3.19. The van der Waals surface area contributed by atoms with Crippen LogP contribution in [0.2, 0.25) is 0 Å². The van der Waals surface area contributed by atoms with Gasteiger partial charge >= 0.3 is 0 Å². The van der Waals surface area contributed by atoms with Crippen molar-refractivity contribution in [2.24, 2.45) is 5.92 Å². The molecule has 0 spiro atoms. The van der Waals surface area contributed by atoms with Crippen LogP contribution in [0, 0.1) is 5.92 Å². The number of sulfone groups is 1. The number of nitrogen functional groups attached to an aromatic ring is 1. The standard InChI is InChI=1S/C11H15BrN2O4S2/c12-10-2-1-9(5-11(10)13)20(17,18)14-6-8-3-4-19(15,16)7-8/h1-2,5,8,14H,3-4,6-7,13H2. The number of hydrogen-bond acceptors (Lipinski definition) is 5. The van der Waals surface area contributed by atoms with E-state index >= 15 is 0 Å². The summed E-state index contributed by atoms with van der Waals surface area (Å²) in [7, 11) is -6.67. The third kappa shape index (κ3) is 3.72. The maximum Gasteiger partial charge on any atom is 0.240 e. The minimum atomic E-state index is -3.67. The van der Waals surface area contributed by atoms with Crippen molar-refractivity contribution in [1.82, 2.24) is 4.72 Å². The molecule has 1 aromatic rings. The molecule has 1 atom stereocenters. The molecular formula is C11H15BrN2O4S2. The van der Waals surface area contributed by atoms with Gasteiger partial charge in [0.2, 0.25) is 10.0 Å². The molecule has 0 amide bonds. The minimum Gasteiger partial charge on any atom is -0.398 e. The van der Waals surface area contributed by atoms with E-state index in [2.05, 4.69) is 20.7 Å². The Bertz CT molecular complexity index is 716. The first kappa shape index (κ1) is 15.7. The predicted octanol–water partition coefficient (Wildman–Crippen LogP) is 0.744. The fourth-order valence-corrected chi connectivity index (χ4v) is 5.29. The second kappa shape index (κ2) is 5.63. The fourth-order valence-electron chi connectivity index (χ4n) is 2.03. The van der Waals surface area contributed by atoms with Gasteiger partial charge in [0, 0.05) is 16.7 Å². The van der Waals surface area contributed by atoms with Crippen LogP contribution in [0.1, 0.15) is 6.42 Å². The molecule has 0 bridgehead atoms. The van der Waals surface area contributed by atoms with Crippen molar-refractivity contribution in [3.63, 3.8) is 0 Å². The second-order valence-electron chi connectivity index (χ2n) is 4.80. The highest BCUT2D eigenvalue weighted by atomic mass is 79.9. The first-order valence-electron chi connectivity index (χ1n) is 5.95. The second-order valence-corrected chi connectivity index (χ2v) is 9.65. The summed E-state index contributed by atoms with van der Waals surface area (Å²) in [5.41, 5.74) is 5.98. The SMILES string of the molecule is Nc1cc(S(=O)(=O)NCC2CCS(=O)(=O)C2)ccc1Br. The molecule has 6 nitrogen and oxygen atoms in total. The Hall–Kier alpha value is -0.640. The number of anilines is 1. The summed E-state index contributed by atoms with van der Waals surface area (Å²) in [5, 5.41) is 0. The van der Waals surface area contributed by atoms with Crippen LogP contribution in [0.3, 0.4) is 0 Å². The van der Waals surface area contributed by atoms with Crippen molar-refractivity contribution in [1.29, 1.82) is 0 Å². The summed E-state index contributed by atoms with van der Waals surface area (Å²) in [6, 6.07) is 4.36. The third-order valence-corrected chi connectivity index (χ3v) is 7.15. The van der Waals surface area contributed by atoms with Crippen molar-refractivity contribution >= 4 is 41.5 Å². The van der Waals surface area contributed by atoms with Gasteiger partial charge < -0.3 is 5.73 Å². The van der Waals surface area contributed by atoms with E-state index in [4.69, 9.17) is 5.73 Å². The maximum atomic E-state index is 12.1. The molecule has 1 unspecified atom stereocenters. The van der Waals surface area contributed by atoms with Gasteiger partial charge in [-0.25, -0.2) is 21.6 Å². The highest BCUT2D eigenvalue weighted by Crippen LogP contribution is 2.23. The number of hydrogen-bond donors (Lipinski definition) is 2. The Balaban J connectivity index is 2.06. The third-order valence-electron chi connectivity index (χ3n) is 3.17. The van der Waals surface area contributed by atoms with Gasteiger partial charge in [0.25, 0.3) is 0 Å². The quantitative estimate of drug-likeness (QED) is 0.747. The Morgan fingerprint density at radius 3 is 2.65 bits per heavy atom. The van der Waals surface area contributed by atoms with Crippen LogP contribution < -0.4 is 10.5 Å². The van der Waals surface area contributed by atoms with E-state index in [1.807, 2.05) is 0 Å². The summed E-state index contributed by atoms with van der Waals surface area (Å²) in [4.78, 5) is 0.0686. The molecule has 0 aromatic heterocycles. The van der Waals surface area contributed by atoms with Crippen LogP contribution >= 0.6 is 15.9 Å². The van der Waals surface area contributed by atoms with E-state index in [0.717, 1.165) is 0 Å². The molecule has 1 aromatic carbocycles. The van der Waals surface area contributed by atoms with E-state index in [9.17, 15) is 16.8 Å². The number of nitrogens with one attached hydrogen (secondary N) is 1. The monoisotopic (exact) mass is 382 g/mol. The zero-order valence-corrected chi connectivity index (χ0v) is 13.8. The van der Waals surface area contributed by atoms with Crippen LogP contribution in [-0.4, -0.2) is 34.9 Å². The molecule has 3 N–H and O–H groups in total. The molecule has 1 saturated heterocycles. The van der Waals surface area contributed by atoms with Gasteiger partial charge in [-0.1, -0.05) is 0 Å². The Morgan fingerprint density at radius 1 is 1.40 bits per heavy atom. The number of sulfonamides is 1. The van der Waals surface area contributed by atoms with E-state index in [1.54, 1.807) is 6.07 Å². The molecule has 1 heterocycles. The van der Waals surface area contributed by atoms with Crippen molar-refractivity contribution < 1.29 is 16.8 Å². The summed E-state index contributed by atoms with van der Waals surface area (Å²) in [6.07, 6.45) is 0.493. The molecule has 0 saturated carbocycles. The lowest BCUT2D eigenvalue weighted by Gasteiger charge is -2.11. The van der Waals surface area contributed by atoms with Crippen LogP contribution in [-0.2, 0) is 19.9 Å². The average molecular weight is 383 g/mol. The molecule has 1 fully saturated rings. The maximum absolute atomic E-state index is 12.1. The smallest absolute Gasteiger partial charge is 0.240 e. The number of rotatable bonds is 4. The molecule has 112 valence electrons. The molecule has 1 aliphatic rings. The van der Waals surface area contributed by atoms with Crippen molar-refractivity contribution in [3.8, 4) is 0 Å². The molecule has 0 radical (unpaired) electrons. The van der Waals surface area contributed by atoms with Crippen LogP contribution in [0.15, 0.2) is 27.6 Å². The highest BCUT2D eigenvalue weighted by Gasteiger charge is 2.29. The Kier molecular flexibility index (Phi) is 4.43. The van der Waals surface area contributed by atoms with Crippen LogP contribution in [0.5, 0.6) is 0 Å². The summed E-state index contributed by atoms with van der Waals surface area (Å²) in [6.45, 7) is 0.123. The van der Waals surface area contributed by atoms with Crippen LogP contribution in [0.25, 0.3) is 0 Å². The van der Waals surface area contributed by atoms with Crippen molar-refractivity contribution in [2.45, 2.75) is 11.3 Å². The van der Waals surface area contributed by atoms with Crippen molar-refractivity contribution in [3.05, 3.63) is 22.7 Å². The molecule has 2 rings (SSSR count). The highest BCUT2D eigenvalue weighted by molar-refractivity contribution is 9.10. The Morgan fingerprint density at radius 2 is 2.10 bits per heavy atom. The van der Waals surface area contributed by atoms with Gasteiger partial charge in [-0.05, 0) is 46.5 Å². The van der Waals surface area contributed by atoms with Crippen molar-refractivity contribution in [2.75, 3.05) is 23.8 Å². The lowest BCUT2D eigenvalue weighted by atomic mass is 10.1. The van der Waals surface area contributed by atoms with E-state index in [1.165, 1.54) is 12.1 Å². The normalized spacial score (nSPS) is 21.9. The van der Waals surface area contributed by atoms with Gasteiger partial charge in [-0.15, -0.1) is 0 Å². The number of halogens is 1. The average Bonchev–Trinajstić information content (AvgIpc) is 2.70. The molecule has 9 heteroatoms.